The fourth-order valence-electron chi connectivity index (χ4n) is 3.23. The number of halogens is 5. The van der Waals surface area contributed by atoms with Gasteiger partial charge in [0, 0.05) is 18.1 Å². The standard InChI is InChI=1S/C21H22Cl2F3N3O/c1-3-28(4-2)9-10-29-18-7-5-14(21(24,25)26)11-17(18)27-20(29)13-30-19-8-6-15(22)12-16(19)23/h5-8,11-12H,3-4,9-10,13H2,1-2H3. The first-order chi connectivity index (χ1) is 14.2. The SMILES string of the molecule is CCN(CC)CCn1c(COc2ccc(Cl)cc2Cl)nc2cc(C(F)(F)F)ccc21. The maximum Gasteiger partial charge on any atom is 0.416 e. The zero-order chi connectivity index (χ0) is 21.9. The molecule has 0 aliphatic rings. The summed E-state index contributed by atoms with van der Waals surface area (Å²) in [5, 5.41) is 0.839. The molecule has 2 aromatic carbocycles. The van der Waals surface area contributed by atoms with Crippen LogP contribution in [0, 0.1) is 0 Å². The van der Waals surface area contributed by atoms with Crippen LogP contribution < -0.4 is 4.74 Å². The third kappa shape index (κ3) is 5.20. The minimum atomic E-state index is -4.42. The zero-order valence-electron chi connectivity index (χ0n) is 16.6. The van der Waals surface area contributed by atoms with Crippen LogP contribution in [0.1, 0.15) is 25.2 Å². The molecule has 3 aromatic rings. The van der Waals surface area contributed by atoms with Crippen LogP contribution in [-0.2, 0) is 19.3 Å². The minimum Gasteiger partial charge on any atom is -0.484 e. The van der Waals surface area contributed by atoms with Gasteiger partial charge in [-0.25, -0.2) is 4.98 Å². The number of hydrogen-bond acceptors (Lipinski definition) is 3. The molecule has 0 N–H and O–H groups in total. The summed E-state index contributed by atoms with van der Waals surface area (Å²) in [6.07, 6.45) is -4.42. The van der Waals surface area contributed by atoms with Crippen molar-refractivity contribution >= 4 is 34.2 Å². The molecule has 0 fully saturated rings. The van der Waals surface area contributed by atoms with Gasteiger partial charge < -0.3 is 14.2 Å². The van der Waals surface area contributed by atoms with E-state index in [1.165, 1.54) is 6.07 Å². The summed E-state index contributed by atoms with van der Waals surface area (Å²) in [5.41, 5.74) is 0.192. The monoisotopic (exact) mass is 459 g/mol. The van der Waals surface area contributed by atoms with Gasteiger partial charge >= 0.3 is 6.18 Å². The van der Waals surface area contributed by atoms with Crippen molar-refractivity contribution in [2.75, 3.05) is 19.6 Å². The summed E-state index contributed by atoms with van der Waals surface area (Å²) in [6.45, 7) is 7.29. The Morgan fingerprint density at radius 3 is 2.43 bits per heavy atom. The summed E-state index contributed by atoms with van der Waals surface area (Å²) in [7, 11) is 0. The van der Waals surface area contributed by atoms with Gasteiger partial charge in [0.15, 0.2) is 0 Å². The molecule has 0 saturated carbocycles. The number of hydrogen-bond donors (Lipinski definition) is 0. The summed E-state index contributed by atoms with van der Waals surface area (Å²) < 4.78 is 47.1. The van der Waals surface area contributed by atoms with Crippen LogP contribution in [-0.4, -0.2) is 34.1 Å². The third-order valence-corrected chi connectivity index (χ3v) is 5.47. The Bertz CT molecular complexity index is 1020. The van der Waals surface area contributed by atoms with E-state index >= 15 is 0 Å². The fourth-order valence-corrected chi connectivity index (χ4v) is 3.69. The van der Waals surface area contributed by atoms with E-state index < -0.39 is 11.7 Å². The normalized spacial score (nSPS) is 12.1. The molecule has 0 unspecified atom stereocenters. The van der Waals surface area contributed by atoms with Crippen molar-refractivity contribution in [3.63, 3.8) is 0 Å². The van der Waals surface area contributed by atoms with Crippen molar-refractivity contribution in [3.8, 4) is 5.75 Å². The summed E-state index contributed by atoms with van der Waals surface area (Å²) >= 11 is 12.1. The van der Waals surface area contributed by atoms with Crippen LogP contribution in [0.2, 0.25) is 10.0 Å². The molecule has 0 atom stereocenters. The largest absolute Gasteiger partial charge is 0.484 e. The average Bonchev–Trinajstić information content (AvgIpc) is 3.04. The van der Waals surface area contributed by atoms with Crippen LogP contribution in [0.3, 0.4) is 0 Å². The number of rotatable bonds is 8. The van der Waals surface area contributed by atoms with Gasteiger partial charge in [0.2, 0.25) is 0 Å². The third-order valence-electron chi connectivity index (χ3n) is 4.94. The van der Waals surface area contributed by atoms with E-state index in [2.05, 4.69) is 23.7 Å². The molecule has 0 aliphatic heterocycles. The van der Waals surface area contributed by atoms with E-state index in [1.54, 1.807) is 18.2 Å². The summed E-state index contributed by atoms with van der Waals surface area (Å²) in [5.74, 6) is 0.960. The maximum absolute atomic E-state index is 13.1. The lowest BCUT2D eigenvalue weighted by molar-refractivity contribution is -0.137. The molecule has 0 aliphatic carbocycles. The van der Waals surface area contributed by atoms with Gasteiger partial charge in [0.25, 0.3) is 0 Å². The van der Waals surface area contributed by atoms with Crippen LogP contribution in [0.5, 0.6) is 5.75 Å². The second-order valence-electron chi connectivity index (χ2n) is 6.77. The number of imidazole rings is 1. The van der Waals surface area contributed by atoms with Crippen molar-refractivity contribution in [1.82, 2.24) is 14.5 Å². The Balaban J connectivity index is 1.93. The average molecular weight is 460 g/mol. The lowest BCUT2D eigenvalue weighted by Crippen LogP contribution is -2.27. The van der Waals surface area contributed by atoms with Crippen molar-refractivity contribution < 1.29 is 17.9 Å². The van der Waals surface area contributed by atoms with Crippen molar-refractivity contribution in [1.29, 1.82) is 0 Å². The molecule has 0 bridgehead atoms. The van der Waals surface area contributed by atoms with Gasteiger partial charge in [0.1, 0.15) is 18.2 Å². The van der Waals surface area contributed by atoms with Gasteiger partial charge in [-0.05, 0) is 49.5 Å². The number of ether oxygens (including phenoxy) is 1. The topological polar surface area (TPSA) is 30.3 Å². The molecule has 3 rings (SSSR count). The highest BCUT2D eigenvalue weighted by Gasteiger charge is 2.31. The minimum absolute atomic E-state index is 0.0651. The molecule has 4 nitrogen and oxygen atoms in total. The first-order valence-electron chi connectivity index (χ1n) is 9.59. The molecule has 0 amide bonds. The lowest BCUT2D eigenvalue weighted by Gasteiger charge is -2.19. The van der Waals surface area contributed by atoms with Gasteiger partial charge in [-0.2, -0.15) is 13.2 Å². The number of aromatic nitrogens is 2. The molecule has 1 aromatic heterocycles. The fraction of sp³-hybridized carbons (Fsp3) is 0.381. The van der Waals surface area contributed by atoms with Crippen molar-refractivity contribution in [2.45, 2.75) is 33.2 Å². The lowest BCUT2D eigenvalue weighted by atomic mass is 10.2. The van der Waals surface area contributed by atoms with E-state index in [0.29, 0.717) is 33.7 Å². The molecule has 0 radical (unpaired) electrons. The smallest absolute Gasteiger partial charge is 0.416 e. The van der Waals surface area contributed by atoms with E-state index in [0.717, 1.165) is 31.8 Å². The van der Waals surface area contributed by atoms with Gasteiger partial charge in [0.05, 0.1) is 21.6 Å². The number of likely N-dealkylation sites (N-methyl/N-ethyl adjacent to an activating group) is 1. The summed E-state index contributed by atoms with van der Waals surface area (Å²) in [4.78, 5) is 6.66. The van der Waals surface area contributed by atoms with E-state index in [4.69, 9.17) is 27.9 Å². The number of benzene rings is 2. The van der Waals surface area contributed by atoms with Crippen LogP contribution in [0.15, 0.2) is 36.4 Å². The second-order valence-corrected chi connectivity index (χ2v) is 7.61. The molecule has 9 heteroatoms. The first-order valence-corrected chi connectivity index (χ1v) is 10.3. The summed E-state index contributed by atoms with van der Waals surface area (Å²) in [6, 6.07) is 8.49. The molecular weight excluding hydrogens is 438 g/mol. The molecule has 30 heavy (non-hydrogen) atoms. The molecular formula is C21H22Cl2F3N3O. The van der Waals surface area contributed by atoms with Gasteiger partial charge in [-0.15, -0.1) is 0 Å². The zero-order valence-corrected chi connectivity index (χ0v) is 18.2. The number of fused-ring (bicyclic) bond motifs is 1. The van der Waals surface area contributed by atoms with Crippen LogP contribution >= 0.6 is 23.2 Å². The Labute approximate surface area is 183 Å². The quantitative estimate of drug-likeness (QED) is 0.396. The Kier molecular flexibility index (Phi) is 7.16. The Morgan fingerprint density at radius 2 is 1.80 bits per heavy atom. The van der Waals surface area contributed by atoms with E-state index in [-0.39, 0.29) is 12.1 Å². The highest BCUT2D eigenvalue weighted by Crippen LogP contribution is 2.32. The second kappa shape index (κ2) is 9.45. The Morgan fingerprint density at radius 1 is 1.07 bits per heavy atom. The highest BCUT2D eigenvalue weighted by atomic mass is 35.5. The highest BCUT2D eigenvalue weighted by molar-refractivity contribution is 6.35. The molecule has 0 spiro atoms. The van der Waals surface area contributed by atoms with Crippen LogP contribution in [0.25, 0.3) is 11.0 Å². The molecule has 0 saturated heterocycles. The number of alkyl halides is 3. The van der Waals surface area contributed by atoms with Gasteiger partial charge in [-0.3, -0.25) is 0 Å². The van der Waals surface area contributed by atoms with Crippen molar-refractivity contribution in [2.24, 2.45) is 0 Å². The Hall–Kier alpha value is -1.96. The first kappa shape index (κ1) is 22.7. The van der Waals surface area contributed by atoms with Crippen LogP contribution in [0.4, 0.5) is 13.2 Å². The predicted octanol–water partition coefficient (Wildman–Crippen LogP) is 6.28. The number of nitrogens with zero attached hydrogens (tertiary/aromatic N) is 3. The maximum atomic E-state index is 13.1. The molecule has 162 valence electrons. The van der Waals surface area contributed by atoms with Crippen molar-refractivity contribution in [3.05, 3.63) is 57.8 Å². The van der Waals surface area contributed by atoms with E-state index in [1.807, 2.05) is 4.57 Å². The van der Waals surface area contributed by atoms with E-state index in [9.17, 15) is 13.2 Å². The molecule has 1 heterocycles. The predicted molar refractivity (Wildman–Crippen MR) is 113 cm³/mol. The van der Waals surface area contributed by atoms with Gasteiger partial charge in [-0.1, -0.05) is 37.0 Å².